The molecule has 0 aliphatic carbocycles. The molecule has 83 heavy (non-hydrogen) atoms. The Hall–Kier alpha value is -4.71. The summed E-state index contributed by atoms with van der Waals surface area (Å²) in [5.74, 6) is -0.900. The first kappa shape index (κ1) is 78.3. The number of hydrogen-bond acceptors (Lipinski definition) is 6. The van der Waals surface area contributed by atoms with E-state index in [1.165, 1.54) is 116 Å². The van der Waals surface area contributed by atoms with Gasteiger partial charge in [-0.15, -0.1) is 0 Å². The van der Waals surface area contributed by atoms with E-state index >= 15 is 0 Å². The number of ether oxygens (including phenoxy) is 3. The lowest BCUT2D eigenvalue weighted by Gasteiger charge is -2.18. The van der Waals surface area contributed by atoms with Crippen LogP contribution in [0.2, 0.25) is 0 Å². The predicted octanol–water partition coefficient (Wildman–Crippen LogP) is 23.9. The van der Waals surface area contributed by atoms with Crippen molar-refractivity contribution in [1.82, 2.24) is 0 Å². The molecule has 0 radical (unpaired) electrons. The molecule has 0 spiro atoms. The second-order valence-electron chi connectivity index (χ2n) is 22.3. The van der Waals surface area contributed by atoms with Gasteiger partial charge in [0.05, 0.1) is 0 Å². The van der Waals surface area contributed by atoms with Gasteiger partial charge in [-0.05, 0) is 122 Å². The Labute approximate surface area is 512 Å². The SMILES string of the molecule is CC/C=C\C/C=C\C/C=C\C/C=C\C/C=C\C/C=C\C/C=C\CCCCCCCCCCCC(=O)OCC(COC(=O)CCCCCCCCCCCCC)OC(=O)CCCCCCCCC/C=C\C/C=C\C/C=C\C/C=C\C/C=C\CC. The summed E-state index contributed by atoms with van der Waals surface area (Å²) in [4.78, 5) is 38.4. The van der Waals surface area contributed by atoms with Gasteiger partial charge in [-0.3, -0.25) is 14.4 Å². The second kappa shape index (κ2) is 69.8. The molecule has 470 valence electrons. The third-order valence-corrected chi connectivity index (χ3v) is 14.3. The maximum Gasteiger partial charge on any atom is 0.306 e. The van der Waals surface area contributed by atoms with Gasteiger partial charge in [-0.1, -0.05) is 308 Å². The summed E-state index contributed by atoms with van der Waals surface area (Å²) in [6.45, 7) is 6.40. The van der Waals surface area contributed by atoms with Crippen LogP contribution in [0.5, 0.6) is 0 Å². The molecule has 6 heteroatoms. The van der Waals surface area contributed by atoms with Gasteiger partial charge in [-0.2, -0.15) is 0 Å². The normalized spacial score (nSPS) is 13.0. The summed E-state index contributed by atoms with van der Waals surface area (Å²) in [7, 11) is 0. The largest absolute Gasteiger partial charge is 0.462 e. The number of carbonyl (C=O) groups excluding carboxylic acids is 3. The molecule has 0 aliphatic heterocycles. The van der Waals surface area contributed by atoms with Crippen molar-refractivity contribution in [2.45, 2.75) is 309 Å². The van der Waals surface area contributed by atoms with E-state index in [-0.39, 0.29) is 31.1 Å². The predicted molar refractivity (Wildman–Crippen MR) is 362 cm³/mol. The molecule has 0 bridgehead atoms. The summed E-state index contributed by atoms with van der Waals surface area (Å²) in [5, 5.41) is 0. The topological polar surface area (TPSA) is 78.9 Å². The lowest BCUT2D eigenvalue weighted by Crippen LogP contribution is -2.30. The Morgan fingerprint density at radius 2 is 0.470 bits per heavy atom. The zero-order valence-corrected chi connectivity index (χ0v) is 53.9. The molecule has 1 atom stereocenters. The van der Waals surface area contributed by atoms with E-state index < -0.39 is 6.10 Å². The molecule has 0 saturated heterocycles. The number of hydrogen-bond donors (Lipinski definition) is 0. The van der Waals surface area contributed by atoms with E-state index in [1.807, 2.05) is 0 Å². The fraction of sp³-hybridized carbons (Fsp3) is 0.649. The maximum absolute atomic E-state index is 12.9. The Morgan fingerprint density at radius 1 is 0.253 bits per heavy atom. The van der Waals surface area contributed by atoms with Crippen LogP contribution >= 0.6 is 0 Å². The van der Waals surface area contributed by atoms with E-state index in [2.05, 4.69) is 167 Å². The second-order valence-corrected chi connectivity index (χ2v) is 22.3. The van der Waals surface area contributed by atoms with Crippen LogP contribution in [0.4, 0.5) is 0 Å². The lowest BCUT2D eigenvalue weighted by molar-refractivity contribution is -0.167. The number of allylic oxidation sites excluding steroid dienone is 24. The van der Waals surface area contributed by atoms with E-state index in [1.54, 1.807) is 0 Å². The summed E-state index contributed by atoms with van der Waals surface area (Å²) in [6, 6.07) is 0. The van der Waals surface area contributed by atoms with Crippen molar-refractivity contribution in [3.63, 3.8) is 0 Å². The zero-order chi connectivity index (χ0) is 59.9. The molecule has 0 aromatic rings. The molecule has 0 saturated carbocycles. The summed E-state index contributed by atoms with van der Waals surface area (Å²) in [5.41, 5.74) is 0. The van der Waals surface area contributed by atoms with Crippen LogP contribution in [-0.2, 0) is 28.6 Å². The zero-order valence-electron chi connectivity index (χ0n) is 53.9. The van der Waals surface area contributed by atoms with Crippen molar-refractivity contribution in [1.29, 1.82) is 0 Å². The van der Waals surface area contributed by atoms with Crippen molar-refractivity contribution in [3.05, 3.63) is 146 Å². The smallest absolute Gasteiger partial charge is 0.306 e. The average molecular weight is 1150 g/mol. The molecule has 0 aromatic carbocycles. The van der Waals surface area contributed by atoms with Crippen molar-refractivity contribution in [2.24, 2.45) is 0 Å². The van der Waals surface area contributed by atoms with E-state index in [4.69, 9.17) is 14.2 Å². The van der Waals surface area contributed by atoms with Crippen molar-refractivity contribution in [3.8, 4) is 0 Å². The van der Waals surface area contributed by atoms with Gasteiger partial charge in [-0.25, -0.2) is 0 Å². The molecule has 0 heterocycles. The summed E-state index contributed by atoms with van der Waals surface area (Å²) in [6.07, 6.45) is 100. The fourth-order valence-electron chi connectivity index (χ4n) is 9.27. The van der Waals surface area contributed by atoms with E-state index in [9.17, 15) is 14.4 Å². The van der Waals surface area contributed by atoms with Gasteiger partial charge in [0.15, 0.2) is 6.10 Å². The number of carbonyl (C=O) groups is 3. The Kier molecular flexibility index (Phi) is 65.8. The molecule has 0 N–H and O–H groups in total. The number of rotatable bonds is 61. The highest BCUT2D eigenvalue weighted by Gasteiger charge is 2.19. The van der Waals surface area contributed by atoms with Crippen molar-refractivity contribution >= 4 is 17.9 Å². The van der Waals surface area contributed by atoms with Crippen LogP contribution in [0.25, 0.3) is 0 Å². The first-order valence-electron chi connectivity index (χ1n) is 34.3. The van der Waals surface area contributed by atoms with Gasteiger partial charge < -0.3 is 14.2 Å². The molecule has 6 nitrogen and oxygen atoms in total. The minimum absolute atomic E-state index is 0.0860. The van der Waals surface area contributed by atoms with Crippen molar-refractivity contribution < 1.29 is 28.6 Å². The highest BCUT2D eigenvalue weighted by molar-refractivity contribution is 5.71. The number of unbranched alkanes of at least 4 members (excludes halogenated alkanes) is 26. The standard InChI is InChI=1S/C77H126O6/c1-4-7-10-13-16-19-22-24-26-28-30-32-34-35-36-37-38-39-40-41-43-44-46-48-50-52-55-58-61-64-67-70-76(79)82-73-74(72-81-75(78)69-66-63-60-57-54-21-18-15-12-9-6-3)83-77(80)71-68-65-62-59-56-53-51-49-47-45-42-33-31-29-27-25-23-20-17-14-11-8-5-2/h7-8,10-11,16-17,19-20,24-27,30-33,35-36,38-39,41,43,45,47,74H,4-6,9,12-15,18,21-23,28-29,34,37,40,42,44,46,48-73H2,1-3H3/b10-7-,11-8-,19-16-,20-17-,26-24-,27-25-,32-30-,33-31-,36-35-,39-38-,43-41-,47-45-. The molecular weight excluding hydrogens is 1020 g/mol. The quantitative estimate of drug-likeness (QED) is 0.0261. The Morgan fingerprint density at radius 3 is 0.735 bits per heavy atom. The highest BCUT2D eigenvalue weighted by atomic mass is 16.6. The van der Waals surface area contributed by atoms with Gasteiger partial charge in [0.2, 0.25) is 0 Å². The van der Waals surface area contributed by atoms with Gasteiger partial charge in [0.1, 0.15) is 13.2 Å². The van der Waals surface area contributed by atoms with Crippen LogP contribution in [0, 0.1) is 0 Å². The van der Waals surface area contributed by atoms with Crippen LogP contribution in [0.1, 0.15) is 303 Å². The van der Waals surface area contributed by atoms with Gasteiger partial charge >= 0.3 is 17.9 Å². The van der Waals surface area contributed by atoms with Crippen LogP contribution < -0.4 is 0 Å². The van der Waals surface area contributed by atoms with E-state index in [0.29, 0.717) is 19.3 Å². The minimum atomic E-state index is -0.792. The van der Waals surface area contributed by atoms with Gasteiger partial charge in [0, 0.05) is 19.3 Å². The maximum atomic E-state index is 12.9. The molecule has 1 unspecified atom stereocenters. The van der Waals surface area contributed by atoms with Crippen LogP contribution in [-0.4, -0.2) is 37.2 Å². The van der Waals surface area contributed by atoms with Gasteiger partial charge in [0.25, 0.3) is 0 Å². The third-order valence-electron chi connectivity index (χ3n) is 14.3. The fourth-order valence-corrected chi connectivity index (χ4v) is 9.27. The molecule has 0 aliphatic rings. The lowest BCUT2D eigenvalue weighted by atomic mass is 10.1. The highest BCUT2D eigenvalue weighted by Crippen LogP contribution is 2.16. The molecular formula is C77H126O6. The van der Waals surface area contributed by atoms with Crippen LogP contribution in [0.15, 0.2) is 146 Å². The first-order valence-corrected chi connectivity index (χ1v) is 34.3. The summed E-state index contributed by atoms with van der Waals surface area (Å²) >= 11 is 0. The molecule has 0 aromatic heterocycles. The third kappa shape index (κ3) is 68.0. The minimum Gasteiger partial charge on any atom is -0.462 e. The first-order chi connectivity index (χ1) is 41.0. The number of esters is 3. The van der Waals surface area contributed by atoms with Crippen molar-refractivity contribution in [2.75, 3.05) is 13.2 Å². The molecule has 0 rings (SSSR count). The summed E-state index contributed by atoms with van der Waals surface area (Å²) < 4.78 is 16.9. The van der Waals surface area contributed by atoms with E-state index in [0.717, 1.165) is 148 Å². The molecule has 0 fully saturated rings. The average Bonchev–Trinajstić information content (AvgIpc) is 3.48. The molecule has 0 amide bonds. The van der Waals surface area contributed by atoms with Crippen LogP contribution in [0.3, 0.4) is 0 Å². The Balaban J connectivity index is 4.30. The monoisotopic (exact) mass is 1150 g/mol. The Bertz CT molecular complexity index is 1800.